The van der Waals surface area contributed by atoms with E-state index >= 15 is 0 Å². The van der Waals surface area contributed by atoms with Gasteiger partial charge in [0.15, 0.2) is 17.9 Å². The highest BCUT2D eigenvalue weighted by molar-refractivity contribution is 7.92. The van der Waals surface area contributed by atoms with Crippen LogP contribution in [0.15, 0.2) is 95.4 Å². The molecule has 45 heavy (non-hydrogen) atoms. The molecule has 2 aliphatic heterocycles. The van der Waals surface area contributed by atoms with Gasteiger partial charge < -0.3 is 14.9 Å². The summed E-state index contributed by atoms with van der Waals surface area (Å²) in [5, 5.41) is 14.7. The fourth-order valence-corrected chi connectivity index (χ4v) is 7.26. The van der Waals surface area contributed by atoms with E-state index in [1.54, 1.807) is 20.8 Å². The second-order valence-corrected chi connectivity index (χ2v) is 14.4. The van der Waals surface area contributed by atoms with Crippen molar-refractivity contribution < 1.29 is 28.7 Å². The zero-order valence-electron chi connectivity index (χ0n) is 27.6. The van der Waals surface area contributed by atoms with Crippen LogP contribution in [-0.2, 0) is 24.9 Å². The highest BCUT2D eigenvalue weighted by Gasteiger charge is 2.43. The lowest BCUT2D eigenvalue weighted by molar-refractivity contribution is -0.777. The summed E-state index contributed by atoms with van der Waals surface area (Å²) in [5.74, 6) is 0. The van der Waals surface area contributed by atoms with Crippen molar-refractivity contribution in [1.82, 2.24) is 4.31 Å². The molecule has 0 unspecified atom stereocenters. The summed E-state index contributed by atoms with van der Waals surface area (Å²) in [5.41, 5.74) is 8.40. The predicted octanol–water partition coefficient (Wildman–Crippen LogP) is 7.56. The lowest BCUT2D eigenvalue weighted by Gasteiger charge is -2.27. The second-order valence-electron chi connectivity index (χ2n) is 13.7. The first kappa shape index (κ1) is 32.8. The maximum atomic E-state index is 13.6. The summed E-state index contributed by atoms with van der Waals surface area (Å²) < 4.78 is 14.0. The molecule has 9 heteroatoms. The summed E-state index contributed by atoms with van der Waals surface area (Å²) in [6.07, 6.45) is 9.11. The van der Waals surface area contributed by atoms with Gasteiger partial charge in [-0.1, -0.05) is 62.4 Å². The van der Waals surface area contributed by atoms with Crippen LogP contribution in [0, 0.1) is 0 Å². The van der Waals surface area contributed by atoms with Crippen molar-refractivity contribution >= 4 is 35.4 Å². The first-order chi connectivity index (χ1) is 21.2. The van der Waals surface area contributed by atoms with Gasteiger partial charge in [0, 0.05) is 41.6 Å². The van der Waals surface area contributed by atoms with Crippen molar-refractivity contribution in [1.29, 1.82) is 0 Å². The van der Waals surface area contributed by atoms with E-state index in [-0.39, 0.29) is 10.8 Å². The average Bonchev–Trinajstić information content (AvgIpc) is 3.52. The van der Waals surface area contributed by atoms with E-state index in [4.69, 9.17) is 9.07 Å². The highest BCUT2D eigenvalue weighted by Crippen LogP contribution is 2.47. The number of fused-ring (bicyclic) bond motifs is 2. The SMILES string of the molecule is CN1/C(=C/C=C2\CCC(/C=C/C3=[N+](C)c4ccccc4C3(C)C)=C2N(SOO[O-])C(=O)OC(C)(C)C)C(C)(C)c2ccccc21. The van der Waals surface area contributed by atoms with Crippen LogP contribution in [0.4, 0.5) is 16.2 Å². The van der Waals surface area contributed by atoms with E-state index in [2.05, 4.69) is 129 Å². The third-order valence-corrected chi connectivity index (χ3v) is 9.53. The molecule has 2 aromatic rings. The molecule has 238 valence electrons. The maximum absolute atomic E-state index is 13.6. The minimum atomic E-state index is -0.768. The number of likely N-dealkylation sites (N-methyl/N-ethyl adjacent to an activating group) is 1. The van der Waals surface area contributed by atoms with Crippen LogP contribution in [0.1, 0.15) is 72.4 Å². The van der Waals surface area contributed by atoms with Gasteiger partial charge in [-0.05, 0) is 76.3 Å². The number of ether oxygens (including phenoxy) is 1. The number of hydrogen-bond donors (Lipinski definition) is 0. The van der Waals surface area contributed by atoms with Crippen LogP contribution in [-0.4, -0.2) is 40.4 Å². The Morgan fingerprint density at radius 1 is 0.978 bits per heavy atom. The number of anilines is 1. The van der Waals surface area contributed by atoms with Gasteiger partial charge in [0.25, 0.3) is 0 Å². The standard InChI is InChI=1S/C36H43N3O5S/c1-34(2,3)42-33(40)39(45-44-43-41)32-24(20-22-30-35(4,5)26-14-10-12-16-28(26)37(30)8)18-19-25(32)21-23-31-36(6,7)27-15-11-13-17-29(27)38(31)9/h10-17,20-23H,18-19H2,1-9H3. The molecule has 1 aliphatic carbocycles. The molecule has 0 spiro atoms. The van der Waals surface area contributed by atoms with Crippen molar-refractivity contribution in [2.24, 2.45) is 0 Å². The molecule has 8 nitrogen and oxygen atoms in total. The molecule has 2 heterocycles. The van der Waals surface area contributed by atoms with Crippen molar-refractivity contribution in [2.45, 2.75) is 77.7 Å². The van der Waals surface area contributed by atoms with E-state index in [1.807, 2.05) is 0 Å². The number of carbonyl (C=O) groups excluding carboxylic acids is 1. The largest absolute Gasteiger partial charge is 0.691 e. The maximum Gasteiger partial charge on any atom is 0.427 e. The van der Waals surface area contributed by atoms with Gasteiger partial charge in [0.2, 0.25) is 5.69 Å². The first-order valence-electron chi connectivity index (χ1n) is 15.2. The number of amides is 1. The number of nitrogens with zero attached hydrogens (tertiary/aromatic N) is 3. The molecular formula is C36H43N3O5S. The molecule has 0 aromatic heterocycles. The number of hydrogen-bond acceptors (Lipinski definition) is 7. The predicted molar refractivity (Wildman–Crippen MR) is 178 cm³/mol. The van der Waals surface area contributed by atoms with Crippen LogP contribution in [0.5, 0.6) is 0 Å². The van der Waals surface area contributed by atoms with E-state index in [9.17, 15) is 10.1 Å². The van der Waals surface area contributed by atoms with Gasteiger partial charge in [-0.15, -0.1) is 4.33 Å². The zero-order chi connectivity index (χ0) is 32.7. The fourth-order valence-electron chi connectivity index (χ4n) is 6.77. The molecule has 2 aromatic carbocycles. The number of benzene rings is 2. The van der Waals surface area contributed by atoms with Crippen molar-refractivity contribution in [3.05, 3.63) is 107 Å². The van der Waals surface area contributed by atoms with Gasteiger partial charge in [-0.2, -0.15) is 8.88 Å². The minimum Gasteiger partial charge on any atom is -0.691 e. The summed E-state index contributed by atoms with van der Waals surface area (Å²) in [7, 11) is 4.16. The quantitative estimate of drug-likeness (QED) is 0.103. The van der Waals surface area contributed by atoms with Crippen LogP contribution in [0.3, 0.4) is 0 Å². The van der Waals surface area contributed by atoms with Gasteiger partial charge >= 0.3 is 6.09 Å². The lowest BCUT2D eigenvalue weighted by atomic mass is 9.81. The number of para-hydroxylation sites is 2. The molecule has 0 N–H and O–H groups in total. The topological polar surface area (TPSA) is 77.3 Å². The van der Waals surface area contributed by atoms with Gasteiger partial charge in [0.1, 0.15) is 12.6 Å². The molecule has 5 rings (SSSR count). The molecule has 0 radical (unpaired) electrons. The lowest BCUT2D eigenvalue weighted by Crippen LogP contribution is -2.33. The van der Waals surface area contributed by atoms with E-state index in [0.717, 1.165) is 22.6 Å². The monoisotopic (exact) mass is 629 g/mol. The molecular weight excluding hydrogens is 586 g/mol. The Balaban J connectivity index is 1.61. The minimum absolute atomic E-state index is 0.211. The van der Waals surface area contributed by atoms with Crippen molar-refractivity contribution in [3.63, 3.8) is 0 Å². The Morgan fingerprint density at radius 3 is 2.29 bits per heavy atom. The Kier molecular flexibility index (Phi) is 8.94. The van der Waals surface area contributed by atoms with E-state index in [1.165, 1.54) is 26.8 Å². The summed E-state index contributed by atoms with van der Waals surface area (Å²) >= 11 is 0.515. The first-order valence-corrected chi connectivity index (χ1v) is 15.9. The Morgan fingerprint density at radius 2 is 1.64 bits per heavy atom. The zero-order valence-corrected chi connectivity index (χ0v) is 28.5. The summed E-state index contributed by atoms with van der Waals surface area (Å²) in [4.78, 5) is 15.8. The van der Waals surface area contributed by atoms with E-state index < -0.39 is 11.7 Å². The number of allylic oxidation sites excluding steroid dienone is 7. The van der Waals surface area contributed by atoms with E-state index in [0.29, 0.717) is 30.8 Å². The summed E-state index contributed by atoms with van der Waals surface area (Å²) in [6, 6.07) is 16.8. The van der Waals surface area contributed by atoms with Crippen LogP contribution in [0.2, 0.25) is 0 Å². The molecule has 0 bridgehead atoms. The van der Waals surface area contributed by atoms with Gasteiger partial charge in [0.05, 0.1) is 11.1 Å². The van der Waals surface area contributed by atoms with Gasteiger partial charge in [-0.3, -0.25) is 5.04 Å². The third-order valence-electron chi connectivity index (χ3n) is 8.93. The Bertz CT molecular complexity index is 1660. The summed E-state index contributed by atoms with van der Waals surface area (Å²) in [6.45, 7) is 14.3. The molecule has 0 atom stereocenters. The fraction of sp³-hybridized carbons (Fsp3) is 0.389. The molecule has 0 saturated carbocycles. The van der Waals surface area contributed by atoms with Crippen LogP contribution >= 0.6 is 12.2 Å². The average molecular weight is 630 g/mol. The normalized spacial score (nSPS) is 20.5. The van der Waals surface area contributed by atoms with Crippen LogP contribution in [0.25, 0.3) is 0 Å². The van der Waals surface area contributed by atoms with Crippen molar-refractivity contribution in [2.75, 3.05) is 19.0 Å². The second kappa shape index (κ2) is 12.3. The highest BCUT2D eigenvalue weighted by atomic mass is 32.2. The molecule has 3 aliphatic rings. The molecule has 1 amide bonds. The van der Waals surface area contributed by atoms with Crippen LogP contribution < -0.4 is 10.2 Å². The Hall–Kier alpha value is -3.63. The molecule has 0 saturated heterocycles. The number of rotatable bonds is 7. The van der Waals surface area contributed by atoms with Crippen molar-refractivity contribution in [3.8, 4) is 0 Å². The third kappa shape index (κ3) is 6.14. The molecule has 0 fully saturated rings. The smallest absolute Gasteiger partial charge is 0.427 e. The number of carbonyl (C=O) groups is 1. The Labute approximate surface area is 271 Å². The van der Waals surface area contributed by atoms with Gasteiger partial charge in [-0.25, -0.2) is 4.79 Å².